The number of ether oxygens (including phenoxy) is 3. The average molecular weight is 455 g/mol. The quantitative estimate of drug-likeness (QED) is 0.564. The van der Waals surface area contributed by atoms with E-state index in [0.29, 0.717) is 11.6 Å². The highest BCUT2D eigenvalue weighted by atomic mass is 79.9. The summed E-state index contributed by atoms with van der Waals surface area (Å²) in [6.07, 6.45) is 2.17. The first-order valence-electron chi connectivity index (χ1n) is 9.19. The molecule has 4 nitrogen and oxygen atoms in total. The van der Waals surface area contributed by atoms with E-state index in [1.807, 2.05) is 24.3 Å². The molecule has 1 fully saturated rings. The van der Waals surface area contributed by atoms with Gasteiger partial charge in [0.2, 0.25) is 0 Å². The summed E-state index contributed by atoms with van der Waals surface area (Å²) in [6, 6.07) is 11.9. The molecule has 2 aromatic carbocycles. The molecule has 1 saturated heterocycles. The second-order valence-corrected chi connectivity index (χ2v) is 7.86. The van der Waals surface area contributed by atoms with Gasteiger partial charge in [-0.1, -0.05) is 17.7 Å². The maximum Gasteiger partial charge on any atom is 0.134 e. The lowest BCUT2D eigenvalue weighted by Crippen LogP contribution is -2.36. The number of benzene rings is 2. The Morgan fingerprint density at radius 2 is 1.89 bits per heavy atom. The van der Waals surface area contributed by atoms with E-state index >= 15 is 0 Å². The zero-order valence-electron chi connectivity index (χ0n) is 15.5. The van der Waals surface area contributed by atoms with E-state index in [4.69, 9.17) is 25.8 Å². The molecule has 0 aromatic heterocycles. The molecular formula is C21H25BrClNO3. The van der Waals surface area contributed by atoms with Crippen LogP contribution in [0.4, 0.5) is 0 Å². The highest BCUT2D eigenvalue weighted by Crippen LogP contribution is 2.30. The average Bonchev–Trinajstić information content (AvgIpc) is 2.68. The van der Waals surface area contributed by atoms with E-state index in [9.17, 15) is 0 Å². The molecule has 1 aliphatic heterocycles. The fourth-order valence-electron chi connectivity index (χ4n) is 3.18. The zero-order valence-corrected chi connectivity index (χ0v) is 17.9. The van der Waals surface area contributed by atoms with Gasteiger partial charge < -0.3 is 14.2 Å². The normalized spacial score (nSPS) is 14.9. The predicted molar refractivity (Wildman–Crippen MR) is 112 cm³/mol. The second kappa shape index (κ2) is 10.3. The van der Waals surface area contributed by atoms with Gasteiger partial charge in [-0.05, 0) is 71.2 Å². The molecule has 0 bridgehead atoms. The Balaban J connectivity index is 1.59. The van der Waals surface area contributed by atoms with Crippen molar-refractivity contribution >= 4 is 27.5 Å². The fraction of sp³-hybridized carbons (Fsp3) is 0.429. The molecule has 0 unspecified atom stereocenters. The van der Waals surface area contributed by atoms with E-state index in [-0.39, 0.29) is 0 Å². The maximum absolute atomic E-state index is 5.99. The summed E-state index contributed by atoms with van der Waals surface area (Å²) in [5, 5.41) is 0.675. The summed E-state index contributed by atoms with van der Waals surface area (Å²) in [5.41, 5.74) is 2.35. The third-order valence-corrected chi connectivity index (χ3v) is 5.52. The minimum atomic E-state index is 0.445. The van der Waals surface area contributed by atoms with E-state index in [1.165, 1.54) is 5.56 Å². The van der Waals surface area contributed by atoms with Crippen molar-refractivity contribution < 1.29 is 14.2 Å². The molecular weight excluding hydrogens is 430 g/mol. The highest BCUT2D eigenvalue weighted by Gasteiger charge is 2.11. The van der Waals surface area contributed by atoms with Crippen molar-refractivity contribution in [3.8, 4) is 11.5 Å². The van der Waals surface area contributed by atoms with Gasteiger partial charge in [-0.15, -0.1) is 0 Å². The molecule has 0 saturated carbocycles. The van der Waals surface area contributed by atoms with Crippen LogP contribution in [0.3, 0.4) is 0 Å². The molecule has 0 amide bonds. The molecule has 1 aliphatic rings. The van der Waals surface area contributed by atoms with Gasteiger partial charge in [-0.25, -0.2) is 0 Å². The molecule has 0 radical (unpaired) electrons. The van der Waals surface area contributed by atoms with Crippen molar-refractivity contribution in [3.05, 3.63) is 57.0 Å². The zero-order chi connectivity index (χ0) is 19.1. The highest BCUT2D eigenvalue weighted by molar-refractivity contribution is 9.10. The first-order chi connectivity index (χ1) is 13.2. The van der Waals surface area contributed by atoms with Gasteiger partial charge in [-0.2, -0.15) is 0 Å². The molecule has 146 valence electrons. The van der Waals surface area contributed by atoms with Crippen LogP contribution in [0.1, 0.15) is 17.5 Å². The third-order valence-electron chi connectivity index (χ3n) is 4.67. The molecule has 0 N–H and O–H groups in total. The summed E-state index contributed by atoms with van der Waals surface area (Å²) >= 11 is 9.48. The molecule has 0 aliphatic carbocycles. The first-order valence-corrected chi connectivity index (χ1v) is 10.4. The minimum Gasteiger partial charge on any atom is -0.496 e. The second-order valence-electron chi connectivity index (χ2n) is 6.57. The molecule has 2 aromatic rings. The number of halogens is 2. The van der Waals surface area contributed by atoms with Gasteiger partial charge in [0.05, 0.1) is 24.8 Å². The molecule has 0 atom stereocenters. The standard InChI is InChI=1S/C21H25BrClNO3/c1-25-20-6-4-16(3-2-8-24-9-11-26-12-10-24)13-17(20)15-27-21-7-5-18(23)14-19(21)22/h4-7,13-14H,2-3,8-12,15H2,1H3. The Hall–Kier alpha value is -1.27. The predicted octanol–water partition coefficient (Wildman–Crippen LogP) is 4.95. The van der Waals surface area contributed by atoms with Gasteiger partial charge in [0, 0.05) is 23.7 Å². The largest absolute Gasteiger partial charge is 0.496 e. The van der Waals surface area contributed by atoms with Crippen molar-refractivity contribution in [1.82, 2.24) is 4.90 Å². The van der Waals surface area contributed by atoms with Crippen LogP contribution in [-0.4, -0.2) is 44.9 Å². The Bertz CT molecular complexity index is 750. The smallest absolute Gasteiger partial charge is 0.134 e. The van der Waals surface area contributed by atoms with Crippen molar-refractivity contribution in [1.29, 1.82) is 0 Å². The number of morpholine rings is 1. The lowest BCUT2D eigenvalue weighted by molar-refractivity contribution is 0.0374. The molecule has 6 heteroatoms. The number of rotatable bonds is 8. The summed E-state index contributed by atoms with van der Waals surface area (Å²) in [5.74, 6) is 1.61. The van der Waals surface area contributed by atoms with Crippen LogP contribution >= 0.6 is 27.5 Å². The third kappa shape index (κ3) is 6.11. The van der Waals surface area contributed by atoms with Crippen molar-refractivity contribution in [2.45, 2.75) is 19.4 Å². The van der Waals surface area contributed by atoms with Gasteiger partial charge in [0.25, 0.3) is 0 Å². The van der Waals surface area contributed by atoms with Gasteiger partial charge in [-0.3, -0.25) is 4.90 Å². The van der Waals surface area contributed by atoms with Crippen LogP contribution in [-0.2, 0) is 17.8 Å². The van der Waals surface area contributed by atoms with Crippen LogP contribution in [0.25, 0.3) is 0 Å². The number of hydrogen-bond acceptors (Lipinski definition) is 4. The van der Waals surface area contributed by atoms with Crippen molar-refractivity contribution in [2.75, 3.05) is 40.0 Å². The summed E-state index contributed by atoms with van der Waals surface area (Å²) in [6.45, 7) is 5.34. The summed E-state index contributed by atoms with van der Waals surface area (Å²) in [4.78, 5) is 2.47. The Morgan fingerprint density at radius 3 is 2.63 bits per heavy atom. The van der Waals surface area contributed by atoms with Crippen LogP contribution in [0.2, 0.25) is 5.02 Å². The SMILES string of the molecule is COc1ccc(CCCN2CCOCC2)cc1COc1ccc(Cl)cc1Br. The first kappa shape index (κ1) is 20.5. The van der Waals surface area contributed by atoms with Crippen LogP contribution in [0, 0.1) is 0 Å². The minimum absolute atomic E-state index is 0.445. The van der Waals surface area contributed by atoms with Crippen molar-refractivity contribution in [2.24, 2.45) is 0 Å². The number of nitrogens with zero attached hydrogens (tertiary/aromatic N) is 1. The molecule has 1 heterocycles. The lowest BCUT2D eigenvalue weighted by atomic mass is 10.1. The van der Waals surface area contributed by atoms with Crippen LogP contribution in [0.5, 0.6) is 11.5 Å². The molecule has 0 spiro atoms. The van der Waals surface area contributed by atoms with Crippen molar-refractivity contribution in [3.63, 3.8) is 0 Å². The Labute approximate surface area is 174 Å². The number of hydrogen-bond donors (Lipinski definition) is 0. The topological polar surface area (TPSA) is 30.9 Å². The Kier molecular flexibility index (Phi) is 7.82. The Morgan fingerprint density at radius 1 is 1.11 bits per heavy atom. The van der Waals surface area contributed by atoms with Gasteiger partial charge >= 0.3 is 0 Å². The number of aryl methyl sites for hydroxylation is 1. The monoisotopic (exact) mass is 453 g/mol. The lowest BCUT2D eigenvalue weighted by Gasteiger charge is -2.26. The summed E-state index contributed by atoms with van der Waals surface area (Å²) in [7, 11) is 1.69. The number of methoxy groups -OCH3 is 1. The molecule has 3 rings (SSSR count). The van der Waals surface area contributed by atoms with E-state index in [0.717, 1.165) is 67.2 Å². The van der Waals surface area contributed by atoms with E-state index < -0.39 is 0 Å². The van der Waals surface area contributed by atoms with Gasteiger partial charge in [0.15, 0.2) is 0 Å². The van der Waals surface area contributed by atoms with Gasteiger partial charge in [0.1, 0.15) is 18.1 Å². The van der Waals surface area contributed by atoms with E-state index in [1.54, 1.807) is 7.11 Å². The van der Waals surface area contributed by atoms with Crippen LogP contribution in [0.15, 0.2) is 40.9 Å². The molecule has 27 heavy (non-hydrogen) atoms. The maximum atomic E-state index is 5.99. The fourth-order valence-corrected chi connectivity index (χ4v) is 3.98. The van der Waals surface area contributed by atoms with Crippen LogP contribution < -0.4 is 9.47 Å². The summed E-state index contributed by atoms with van der Waals surface area (Å²) < 4.78 is 17.7. The van der Waals surface area contributed by atoms with E-state index in [2.05, 4.69) is 33.0 Å².